The van der Waals surface area contributed by atoms with Crippen LogP contribution in [0.2, 0.25) is 0 Å². The molecule has 4 aromatic rings. The Bertz CT molecular complexity index is 1330. The topological polar surface area (TPSA) is 56.7 Å². The van der Waals surface area contributed by atoms with E-state index in [0.29, 0.717) is 25.8 Å². The van der Waals surface area contributed by atoms with Gasteiger partial charge in [-0.2, -0.15) is 9.97 Å². The molecule has 186 valence electrons. The summed E-state index contributed by atoms with van der Waals surface area (Å²) in [5.74, 6) is 1.84. The molecule has 6 nitrogen and oxygen atoms in total. The van der Waals surface area contributed by atoms with Crippen molar-refractivity contribution in [2.45, 2.75) is 26.7 Å². The Morgan fingerprint density at radius 1 is 0.917 bits per heavy atom. The van der Waals surface area contributed by atoms with E-state index >= 15 is 0 Å². The van der Waals surface area contributed by atoms with Crippen molar-refractivity contribution in [2.75, 3.05) is 44.9 Å². The zero-order valence-corrected chi connectivity index (χ0v) is 21.3. The van der Waals surface area contributed by atoms with Crippen LogP contribution in [-0.4, -0.2) is 50.0 Å². The lowest BCUT2D eigenvalue weighted by molar-refractivity contribution is 0.122. The molecule has 1 aliphatic rings. The van der Waals surface area contributed by atoms with Gasteiger partial charge in [-0.1, -0.05) is 55.0 Å². The Kier molecular flexibility index (Phi) is 7.33. The van der Waals surface area contributed by atoms with E-state index in [0.717, 1.165) is 54.0 Å². The van der Waals surface area contributed by atoms with E-state index in [1.165, 1.54) is 22.3 Å². The van der Waals surface area contributed by atoms with Gasteiger partial charge in [-0.25, -0.2) is 0 Å². The van der Waals surface area contributed by atoms with Crippen molar-refractivity contribution in [3.8, 4) is 22.9 Å². The van der Waals surface area contributed by atoms with E-state index in [1.54, 1.807) is 7.11 Å². The normalized spacial score (nSPS) is 13.7. The van der Waals surface area contributed by atoms with Gasteiger partial charge in [-0.05, 0) is 53.8 Å². The molecule has 0 unspecified atom stereocenters. The SMILES string of the molecule is CCc1cc(CCOc2nc(N3CCOCC3)c3cc(-c4ccc(C)cc4)ccc3n2)ccc1OC. The number of hydrogen-bond acceptors (Lipinski definition) is 6. The third kappa shape index (κ3) is 5.29. The first-order valence-electron chi connectivity index (χ1n) is 12.6. The average Bonchev–Trinajstić information content (AvgIpc) is 2.93. The van der Waals surface area contributed by atoms with Crippen LogP contribution in [0, 0.1) is 6.92 Å². The lowest BCUT2D eigenvalue weighted by Gasteiger charge is -2.29. The molecule has 2 heterocycles. The molecule has 3 aromatic carbocycles. The van der Waals surface area contributed by atoms with Gasteiger partial charge in [0.05, 0.1) is 32.4 Å². The first kappa shape index (κ1) is 24.1. The number of anilines is 1. The third-order valence-electron chi connectivity index (χ3n) is 6.70. The Morgan fingerprint density at radius 2 is 1.69 bits per heavy atom. The third-order valence-corrected chi connectivity index (χ3v) is 6.70. The Balaban J connectivity index is 1.42. The quantitative estimate of drug-likeness (QED) is 0.324. The first-order chi connectivity index (χ1) is 17.6. The highest BCUT2D eigenvalue weighted by Crippen LogP contribution is 2.31. The number of methoxy groups -OCH3 is 1. The summed E-state index contributed by atoms with van der Waals surface area (Å²) in [5.41, 5.74) is 6.89. The summed E-state index contributed by atoms with van der Waals surface area (Å²) in [6.07, 6.45) is 1.71. The summed E-state index contributed by atoms with van der Waals surface area (Å²) in [7, 11) is 1.71. The van der Waals surface area contributed by atoms with E-state index in [4.69, 9.17) is 24.2 Å². The molecule has 1 aliphatic heterocycles. The van der Waals surface area contributed by atoms with Gasteiger partial charge in [-0.15, -0.1) is 0 Å². The van der Waals surface area contributed by atoms with Gasteiger partial charge in [0.15, 0.2) is 0 Å². The summed E-state index contributed by atoms with van der Waals surface area (Å²) >= 11 is 0. The van der Waals surface area contributed by atoms with Crippen molar-refractivity contribution in [1.82, 2.24) is 9.97 Å². The number of nitrogens with zero attached hydrogens (tertiary/aromatic N) is 3. The van der Waals surface area contributed by atoms with Crippen molar-refractivity contribution in [3.05, 3.63) is 77.4 Å². The molecular formula is C30H33N3O3. The standard InChI is InChI=1S/C30H33N3O3/c1-4-23-19-22(7-12-28(23)34-3)13-16-36-30-31-27-11-10-25(24-8-5-21(2)6-9-24)20-26(27)29(32-30)33-14-17-35-18-15-33/h5-12,19-20H,4,13-18H2,1-3H3. The summed E-state index contributed by atoms with van der Waals surface area (Å²) in [6.45, 7) is 7.72. The maximum atomic E-state index is 6.10. The largest absolute Gasteiger partial charge is 0.496 e. The van der Waals surface area contributed by atoms with Crippen LogP contribution in [0.25, 0.3) is 22.0 Å². The fourth-order valence-corrected chi connectivity index (χ4v) is 4.62. The fraction of sp³-hybridized carbons (Fsp3) is 0.333. The highest BCUT2D eigenvalue weighted by atomic mass is 16.5. The molecule has 0 radical (unpaired) electrons. The molecule has 0 bridgehead atoms. The minimum atomic E-state index is 0.413. The zero-order chi connectivity index (χ0) is 24.9. The highest BCUT2D eigenvalue weighted by Gasteiger charge is 2.19. The van der Waals surface area contributed by atoms with Gasteiger partial charge in [0.25, 0.3) is 0 Å². The second kappa shape index (κ2) is 11.0. The number of rotatable bonds is 8. The number of aryl methyl sites for hydroxylation is 2. The van der Waals surface area contributed by atoms with Gasteiger partial charge in [0.1, 0.15) is 11.6 Å². The van der Waals surface area contributed by atoms with Crippen LogP contribution < -0.4 is 14.4 Å². The summed E-state index contributed by atoms with van der Waals surface area (Å²) in [5, 5.41) is 1.03. The molecule has 0 amide bonds. The van der Waals surface area contributed by atoms with Crippen LogP contribution in [-0.2, 0) is 17.6 Å². The van der Waals surface area contributed by atoms with E-state index in [9.17, 15) is 0 Å². The van der Waals surface area contributed by atoms with Gasteiger partial charge in [0.2, 0.25) is 0 Å². The van der Waals surface area contributed by atoms with Gasteiger partial charge >= 0.3 is 6.01 Å². The molecule has 0 N–H and O–H groups in total. The van der Waals surface area contributed by atoms with E-state index in [-0.39, 0.29) is 0 Å². The van der Waals surface area contributed by atoms with Gasteiger partial charge in [0, 0.05) is 24.9 Å². The van der Waals surface area contributed by atoms with Crippen molar-refractivity contribution >= 4 is 16.7 Å². The number of benzene rings is 3. The van der Waals surface area contributed by atoms with Crippen LogP contribution in [0.15, 0.2) is 60.7 Å². The molecule has 0 atom stereocenters. The maximum Gasteiger partial charge on any atom is 0.318 e. The first-order valence-corrected chi connectivity index (χ1v) is 12.6. The number of hydrogen-bond donors (Lipinski definition) is 0. The van der Waals surface area contributed by atoms with Crippen LogP contribution >= 0.6 is 0 Å². The number of aromatic nitrogens is 2. The molecule has 0 spiro atoms. The van der Waals surface area contributed by atoms with E-state index in [1.807, 2.05) is 6.07 Å². The van der Waals surface area contributed by atoms with Crippen LogP contribution in [0.3, 0.4) is 0 Å². The number of fused-ring (bicyclic) bond motifs is 1. The zero-order valence-electron chi connectivity index (χ0n) is 21.3. The monoisotopic (exact) mass is 483 g/mol. The lowest BCUT2D eigenvalue weighted by Crippen LogP contribution is -2.37. The Labute approximate surface area is 212 Å². The average molecular weight is 484 g/mol. The van der Waals surface area contributed by atoms with E-state index < -0.39 is 0 Å². The van der Waals surface area contributed by atoms with E-state index in [2.05, 4.69) is 73.3 Å². The minimum absolute atomic E-state index is 0.413. The van der Waals surface area contributed by atoms with Crippen LogP contribution in [0.4, 0.5) is 5.82 Å². The second-order valence-corrected chi connectivity index (χ2v) is 9.13. The Morgan fingerprint density at radius 3 is 2.44 bits per heavy atom. The smallest absolute Gasteiger partial charge is 0.318 e. The van der Waals surface area contributed by atoms with Crippen molar-refractivity contribution in [3.63, 3.8) is 0 Å². The number of morpholine rings is 1. The molecule has 6 heteroatoms. The summed E-state index contributed by atoms with van der Waals surface area (Å²) in [4.78, 5) is 11.9. The van der Waals surface area contributed by atoms with Crippen LogP contribution in [0.5, 0.6) is 11.8 Å². The number of ether oxygens (including phenoxy) is 3. The van der Waals surface area contributed by atoms with Gasteiger partial charge in [-0.3, -0.25) is 0 Å². The van der Waals surface area contributed by atoms with Crippen molar-refractivity contribution < 1.29 is 14.2 Å². The minimum Gasteiger partial charge on any atom is -0.496 e. The molecule has 36 heavy (non-hydrogen) atoms. The highest BCUT2D eigenvalue weighted by molar-refractivity contribution is 5.93. The molecule has 1 fully saturated rings. The van der Waals surface area contributed by atoms with Crippen molar-refractivity contribution in [2.24, 2.45) is 0 Å². The molecule has 0 aliphatic carbocycles. The fourth-order valence-electron chi connectivity index (χ4n) is 4.62. The predicted molar refractivity (Wildman–Crippen MR) is 144 cm³/mol. The molecule has 0 saturated carbocycles. The second-order valence-electron chi connectivity index (χ2n) is 9.13. The van der Waals surface area contributed by atoms with Crippen molar-refractivity contribution in [1.29, 1.82) is 0 Å². The Hall–Kier alpha value is -3.64. The summed E-state index contributed by atoms with van der Waals surface area (Å²) < 4.78 is 17.1. The summed E-state index contributed by atoms with van der Waals surface area (Å²) in [6, 6.07) is 21.7. The lowest BCUT2D eigenvalue weighted by atomic mass is 10.0. The predicted octanol–water partition coefficient (Wildman–Crippen LogP) is 5.63. The molecular weight excluding hydrogens is 450 g/mol. The molecule has 1 saturated heterocycles. The molecule has 1 aromatic heterocycles. The van der Waals surface area contributed by atoms with Crippen LogP contribution in [0.1, 0.15) is 23.6 Å². The molecule has 5 rings (SSSR count). The maximum absolute atomic E-state index is 6.10. The van der Waals surface area contributed by atoms with Gasteiger partial charge < -0.3 is 19.1 Å².